The van der Waals surface area contributed by atoms with Crippen LogP contribution in [0.1, 0.15) is 0 Å². The van der Waals surface area contributed by atoms with Crippen LogP contribution in [0.15, 0.2) is 48.5 Å². The van der Waals surface area contributed by atoms with Crippen LogP contribution in [0.3, 0.4) is 0 Å². The highest BCUT2D eigenvalue weighted by atomic mass is 35.5. The summed E-state index contributed by atoms with van der Waals surface area (Å²) in [5.41, 5.74) is 9.55. The number of aromatic nitrogens is 2. The number of rotatable bonds is 3. The van der Waals surface area contributed by atoms with Crippen molar-refractivity contribution in [2.75, 3.05) is 12.8 Å². The van der Waals surface area contributed by atoms with E-state index in [1.54, 1.807) is 13.2 Å². The summed E-state index contributed by atoms with van der Waals surface area (Å²) in [5, 5.41) is 7.73. The van der Waals surface area contributed by atoms with E-state index in [1.807, 2.05) is 42.5 Å². The molecule has 3 rings (SSSR count). The van der Waals surface area contributed by atoms with Crippen LogP contribution >= 0.6 is 11.6 Å². The zero-order chi connectivity index (χ0) is 14.8. The van der Waals surface area contributed by atoms with Crippen LogP contribution in [0.25, 0.3) is 22.4 Å². The first kappa shape index (κ1) is 13.5. The minimum absolute atomic E-state index is 0.452. The van der Waals surface area contributed by atoms with E-state index in [0.29, 0.717) is 16.6 Å². The Labute approximate surface area is 127 Å². The molecule has 5 heteroatoms. The van der Waals surface area contributed by atoms with Crippen LogP contribution in [0.5, 0.6) is 5.75 Å². The number of H-pyrrole nitrogens is 1. The summed E-state index contributed by atoms with van der Waals surface area (Å²) < 4.78 is 5.41. The largest absolute Gasteiger partial charge is 0.496 e. The highest BCUT2D eigenvalue weighted by Crippen LogP contribution is 2.39. The first-order valence-electron chi connectivity index (χ1n) is 6.44. The summed E-state index contributed by atoms with van der Waals surface area (Å²) in [6, 6.07) is 15.3. The molecule has 1 aromatic heterocycles. The van der Waals surface area contributed by atoms with E-state index in [1.165, 1.54) is 0 Å². The minimum Gasteiger partial charge on any atom is -0.496 e. The Morgan fingerprint density at radius 1 is 1.14 bits per heavy atom. The Morgan fingerprint density at radius 3 is 2.62 bits per heavy atom. The fraction of sp³-hybridized carbons (Fsp3) is 0.0625. The second kappa shape index (κ2) is 5.50. The standard InChI is InChI=1S/C16H14ClN3O/c1-21-13-9-11(17)7-8-12(13)15-14(16(18)20-19-15)10-5-3-2-4-6-10/h2-9H,1H3,(H3,18,19,20). The van der Waals surface area contributed by atoms with Gasteiger partial charge >= 0.3 is 0 Å². The second-order valence-corrected chi connectivity index (χ2v) is 5.01. The molecule has 0 unspecified atom stereocenters. The topological polar surface area (TPSA) is 63.9 Å². The van der Waals surface area contributed by atoms with E-state index in [-0.39, 0.29) is 0 Å². The van der Waals surface area contributed by atoms with Crippen molar-refractivity contribution in [3.05, 3.63) is 53.6 Å². The van der Waals surface area contributed by atoms with Gasteiger partial charge in [-0.2, -0.15) is 5.10 Å². The number of aromatic amines is 1. The molecule has 0 aliphatic rings. The average molecular weight is 300 g/mol. The molecule has 0 aliphatic carbocycles. The minimum atomic E-state index is 0.452. The van der Waals surface area contributed by atoms with Gasteiger partial charge < -0.3 is 10.5 Å². The van der Waals surface area contributed by atoms with Gasteiger partial charge in [0, 0.05) is 10.6 Å². The van der Waals surface area contributed by atoms with E-state index in [0.717, 1.165) is 22.4 Å². The molecule has 4 nitrogen and oxygen atoms in total. The molecule has 0 fully saturated rings. The van der Waals surface area contributed by atoms with Crippen molar-refractivity contribution in [2.45, 2.75) is 0 Å². The number of hydrogen-bond donors (Lipinski definition) is 2. The fourth-order valence-corrected chi connectivity index (χ4v) is 2.48. The van der Waals surface area contributed by atoms with Crippen LogP contribution in [-0.2, 0) is 0 Å². The monoisotopic (exact) mass is 299 g/mol. The highest BCUT2D eigenvalue weighted by Gasteiger charge is 2.17. The number of nitrogen functional groups attached to an aromatic ring is 1. The quantitative estimate of drug-likeness (QED) is 0.768. The number of nitrogens with one attached hydrogen (secondary N) is 1. The van der Waals surface area contributed by atoms with E-state index in [2.05, 4.69) is 10.2 Å². The van der Waals surface area contributed by atoms with Crippen LogP contribution in [-0.4, -0.2) is 17.3 Å². The molecule has 2 aromatic carbocycles. The van der Waals surface area contributed by atoms with Gasteiger partial charge in [-0.05, 0) is 23.8 Å². The maximum atomic E-state index is 6.02. The zero-order valence-corrected chi connectivity index (χ0v) is 12.2. The molecule has 21 heavy (non-hydrogen) atoms. The fourth-order valence-electron chi connectivity index (χ4n) is 2.32. The second-order valence-electron chi connectivity index (χ2n) is 4.57. The Hall–Kier alpha value is -2.46. The molecule has 0 saturated heterocycles. The van der Waals surface area contributed by atoms with Crippen LogP contribution < -0.4 is 10.5 Å². The number of methoxy groups -OCH3 is 1. The predicted molar refractivity (Wildman–Crippen MR) is 85.4 cm³/mol. The van der Waals surface area contributed by atoms with Crippen LogP contribution in [0.4, 0.5) is 5.82 Å². The third-order valence-electron chi connectivity index (χ3n) is 3.29. The van der Waals surface area contributed by atoms with Gasteiger partial charge in [0.05, 0.1) is 18.4 Å². The lowest BCUT2D eigenvalue weighted by molar-refractivity contribution is 0.416. The maximum Gasteiger partial charge on any atom is 0.153 e. The molecule has 106 valence electrons. The summed E-state index contributed by atoms with van der Waals surface area (Å²) in [6.45, 7) is 0. The molecule has 3 N–H and O–H groups in total. The third kappa shape index (κ3) is 2.45. The number of benzene rings is 2. The molecule has 0 atom stereocenters. The lowest BCUT2D eigenvalue weighted by Crippen LogP contribution is -1.91. The number of halogens is 1. The molecule has 0 radical (unpaired) electrons. The summed E-state index contributed by atoms with van der Waals surface area (Å²) >= 11 is 6.01. The highest BCUT2D eigenvalue weighted by molar-refractivity contribution is 6.30. The molecular formula is C16H14ClN3O. The van der Waals surface area contributed by atoms with E-state index < -0.39 is 0 Å². The number of nitrogens with zero attached hydrogens (tertiary/aromatic N) is 1. The van der Waals surface area contributed by atoms with Gasteiger partial charge in [-0.1, -0.05) is 41.9 Å². The summed E-state index contributed by atoms with van der Waals surface area (Å²) in [5.74, 6) is 1.12. The summed E-state index contributed by atoms with van der Waals surface area (Å²) in [6.07, 6.45) is 0. The van der Waals surface area contributed by atoms with Crippen molar-refractivity contribution in [3.63, 3.8) is 0 Å². The molecule has 0 amide bonds. The summed E-state index contributed by atoms with van der Waals surface area (Å²) in [4.78, 5) is 0. The Morgan fingerprint density at radius 2 is 1.90 bits per heavy atom. The van der Waals surface area contributed by atoms with Gasteiger partial charge in [0.2, 0.25) is 0 Å². The third-order valence-corrected chi connectivity index (χ3v) is 3.52. The molecule has 0 bridgehead atoms. The molecule has 0 spiro atoms. The van der Waals surface area contributed by atoms with E-state index in [9.17, 15) is 0 Å². The Bertz CT molecular complexity index is 768. The molecule has 0 aliphatic heterocycles. The smallest absolute Gasteiger partial charge is 0.153 e. The van der Waals surface area contributed by atoms with Crippen molar-refractivity contribution >= 4 is 17.4 Å². The van der Waals surface area contributed by atoms with Gasteiger partial charge in [0.15, 0.2) is 5.82 Å². The maximum absolute atomic E-state index is 6.02. The predicted octanol–water partition coefficient (Wildman–Crippen LogP) is 3.99. The van der Waals surface area contributed by atoms with Gasteiger partial charge in [-0.3, -0.25) is 5.10 Å². The van der Waals surface area contributed by atoms with E-state index >= 15 is 0 Å². The Balaban J connectivity index is 2.21. The molecule has 0 saturated carbocycles. The molecular weight excluding hydrogens is 286 g/mol. The van der Waals surface area contributed by atoms with Gasteiger partial charge in [0.25, 0.3) is 0 Å². The van der Waals surface area contributed by atoms with Crippen molar-refractivity contribution in [3.8, 4) is 28.1 Å². The van der Waals surface area contributed by atoms with Crippen molar-refractivity contribution in [1.82, 2.24) is 10.2 Å². The number of nitrogens with two attached hydrogens (primary N) is 1. The number of anilines is 1. The van der Waals surface area contributed by atoms with Crippen LogP contribution in [0.2, 0.25) is 5.02 Å². The van der Waals surface area contributed by atoms with Gasteiger partial charge in [-0.15, -0.1) is 0 Å². The van der Waals surface area contributed by atoms with Crippen molar-refractivity contribution in [2.24, 2.45) is 0 Å². The average Bonchev–Trinajstić information content (AvgIpc) is 2.89. The van der Waals surface area contributed by atoms with Crippen molar-refractivity contribution in [1.29, 1.82) is 0 Å². The van der Waals surface area contributed by atoms with Gasteiger partial charge in [0.1, 0.15) is 5.75 Å². The SMILES string of the molecule is COc1cc(Cl)ccc1-c1[nH]nc(N)c1-c1ccccc1. The Kier molecular flexibility index (Phi) is 3.54. The zero-order valence-electron chi connectivity index (χ0n) is 11.4. The van der Waals surface area contributed by atoms with E-state index in [4.69, 9.17) is 22.1 Å². The first-order valence-corrected chi connectivity index (χ1v) is 6.81. The number of hydrogen-bond acceptors (Lipinski definition) is 3. The molecule has 3 aromatic rings. The van der Waals surface area contributed by atoms with Crippen molar-refractivity contribution < 1.29 is 4.74 Å². The molecule has 1 heterocycles. The lowest BCUT2D eigenvalue weighted by Gasteiger charge is -2.10. The normalized spacial score (nSPS) is 10.6. The number of ether oxygens (including phenoxy) is 1. The lowest BCUT2D eigenvalue weighted by atomic mass is 10.0. The van der Waals surface area contributed by atoms with Crippen LogP contribution in [0, 0.1) is 0 Å². The summed E-state index contributed by atoms with van der Waals surface area (Å²) in [7, 11) is 1.61. The first-order chi connectivity index (χ1) is 10.2. The van der Waals surface area contributed by atoms with Gasteiger partial charge in [-0.25, -0.2) is 0 Å².